The van der Waals surface area contributed by atoms with Crippen molar-refractivity contribution < 1.29 is 19.1 Å². The summed E-state index contributed by atoms with van der Waals surface area (Å²) in [4.78, 5) is 36.8. The molecule has 128 valence electrons. The summed E-state index contributed by atoms with van der Waals surface area (Å²) in [6.07, 6.45) is 8.98. The minimum atomic E-state index is -0.532. The lowest BCUT2D eigenvalue weighted by Gasteiger charge is -2.16. The van der Waals surface area contributed by atoms with Crippen LogP contribution >= 0.6 is 11.3 Å². The number of rotatable bonds is 5. The molecule has 0 bridgehead atoms. The summed E-state index contributed by atoms with van der Waals surface area (Å²) in [6.45, 7) is -0.347. The Bertz CT molecular complexity index is 708. The average Bonchev–Trinajstić information content (AvgIpc) is 3.13. The molecule has 6 nitrogen and oxygen atoms in total. The van der Waals surface area contributed by atoms with Gasteiger partial charge in [-0.05, 0) is 44.1 Å². The minimum Gasteiger partial charge on any atom is -0.455 e. The molecule has 0 unspecified atom stereocenters. The molecule has 3 N–H and O–H groups in total. The van der Waals surface area contributed by atoms with E-state index in [2.05, 4.69) is 5.32 Å². The quantitative estimate of drug-likeness (QED) is 0.629. The van der Waals surface area contributed by atoms with Gasteiger partial charge in [-0.15, -0.1) is 11.3 Å². The maximum atomic E-state index is 12.1. The van der Waals surface area contributed by atoms with Crippen LogP contribution in [-0.2, 0) is 27.2 Å². The molecule has 0 saturated heterocycles. The molecule has 1 aromatic heterocycles. The molecular formula is C17H20N2O4S. The van der Waals surface area contributed by atoms with E-state index in [0.717, 1.165) is 42.5 Å². The third-order valence-electron chi connectivity index (χ3n) is 4.37. The van der Waals surface area contributed by atoms with Crippen molar-refractivity contribution in [2.45, 2.75) is 38.5 Å². The molecule has 0 aromatic carbocycles. The van der Waals surface area contributed by atoms with Crippen molar-refractivity contribution in [3.8, 4) is 0 Å². The third kappa shape index (κ3) is 3.51. The van der Waals surface area contributed by atoms with Crippen LogP contribution in [0.25, 0.3) is 0 Å². The van der Waals surface area contributed by atoms with E-state index in [-0.39, 0.29) is 18.5 Å². The molecule has 2 aliphatic rings. The third-order valence-corrected chi connectivity index (χ3v) is 5.58. The molecular weight excluding hydrogens is 328 g/mol. The Morgan fingerprint density at radius 3 is 2.83 bits per heavy atom. The van der Waals surface area contributed by atoms with Crippen LogP contribution in [-0.4, -0.2) is 24.4 Å². The monoisotopic (exact) mass is 348 g/mol. The Morgan fingerprint density at radius 1 is 1.29 bits per heavy atom. The van der Waals surface area contributed by atoms with Crippen LogP contribution in [0.4, 0.5) is 5.00 Å². The summed E-state index contributed by atoms with van der Waals surface area (Å²) >= 11 is 1.39. The van der Waals surface area contributed by atoms with Crippen LogP contribution in [0.15, 0.2) is 12.2 Å². The lowest BCUT2D eigenvalue weighted by atomic mass is 9.95. The van der Waals surface area contributed by atoms with Gasteiger partial charge in [0.05, 0.1) is 11.5 Å². The largest absolute Gasteiger partial charge is 0.455 e. The topological polar surface area (TPSA) is 98.5 Å². The summed E-state index contributed by atoms with van der Waals surface area (Å²) in [5, 5.41) is 3.13. The number of primary amides is 1. The Labute approximate surface area is 144 Å². The van der Waals surface area contributed by atoms with Gasteiger partial charge < -0.3 is 15.8 Å². The maximum absolute atomic E-state index is 12.1. The zero-order chi connectivity index (χ0) is 17.1. The number of hydrogen-bond donors (Lipinski definition) is 2. The van der Waals surface area contributed by atoms with Crippen LogP contribution in [0.3, 0.4) is 0 Å². The van der Waals surface area contributed by atoms with E-state index in [0.29, 0.717) is 17.0 Å². The molecule has 0 radical (unpaired) electrons. The second kappa shape index (κ2) is 7.17. The predicted octanol–water partition coefficient (Wildman–Crippen LogP) is 2.17. The van der Waals surface area contributed by atoms with Gasteiger partial charge in [-0.3, -0.25) is 14.4 Å². The number of thiophene rings is 1. The van der Waals surface area contributed by atoms with Crippen LogP contribution in [0, 0.1) is 5.92 Å². The van der Waals surface area contributed by atoms with Gasteiger partial charge in [0.2, 0.25) is 0 Å². The molecule has 3 rings (SSSR count). The Balaban J connectivity index is 1.58. The van der Waals surface area contributed by atoms with Crippen molar-refractivity contribution in [1.82, 2.24) is 0 Å². The summed E-state index contributed by atoms with van der Waals surface area (Å²) in [5.74, 6) is -1.50. The fraction of sp³-hybridized carbons (Fsp3) is 0.471. The number of ether oxygens (including phenoxy) is 1. The van der Waals surface area contributed by atoms with E-state index in [1.807, 2.05) is 12.2 Å². The fourth-order valence-corrected chi connectivity index (χ4v) is 4.49. The van der Waals surface area contributed by atoms with Crippen LogP contribution < -0.4 is 11.1 Å². The van der Waals surface area contributed by atoms with Gasteiger partial charge >= 0.3 is 5.97 Å². The number of nitrogens with two attached hydrogens (primary N) is 1. The summed E-state index contributed by atoms with van der Waals surface area (Å²) < 4.78 is 5.10. The normalized spacial score (nSPS) is 18.9. The Kier molecular flexibility index (Phi) is 4.99. The number of esters is 1. The molecule has 0 aliphatic heterocycles. The molecule has 24 heavy (non-hydrogen) atoms. The van der Waals surface area contributed by atoms with Crippen molar-refractivity contribution in [1.29, 1.82) is 0 Å². The van der Waals surface area contributed by atoms with Crippen LogP contribution in [0.1, 0.15) is 46.5 Å². The first-order chi connectivity index (χ1) is 11.6. The molecule has 2 aliphatic carbocycles. The average molecular weight is 348 g/mol. The van der Waals surface area contributed by atoms with Crippen molar-refractivity contribution in [2.24, 2.45) is 11.7 Å². The number of anilines is 1. The summed E-state index contributed by atoms with van der Waals surface area (Å²) in [5.41, 5.74) is 6.81. The smallest absolute Gasteiger partial charge is 0.309 e. The zero-order valence-corrected chi connectivity index (χ0v) is 14.1. The maximum Gasteiger partial charge on any atom is 0.309 e. The van der Waals surface area contributed by atoms with Gasteiger partial charge in [-0.2, -0.15) is 0 Å². The van der Waals surface area contributed by atoms with Gasteiger partial charge in [0, 0.05) is 4.88 Å². The van der Waals surface area contributed by atoms with Crippen LogP contribution in [0.2, 0.25) is 0 Å². The van der Waals surface area contributed by atoms with Gasteiger partial charge in [0.25, 0.3) is 11.8 Å². The highest BCUT2D eigenvalue weighted by atomic mass is 32.1. The second-order valence-electron chi connectivity index (χ2n) is 6.06. The molecule has 1 atom stereocenters. The van der Waals surface area contributed by atoms with Gasteiger partial charge in [0.1, 0.15) is 5.00 Å². The first-order valence-electron chi connectivity index (χ1n) is 8.12. The molecule has 2 amide bonds. The summed E-state index contributed by atoms with van der Waals surface area (Å²) in [6, 6.07) is 0. The van der Waals surface area contributed by atoms with E-state index in [9.17, 15) is 14.4 Å². The number of aryl methyl sites for hydroxylation is 1. The molecule has 0 saturated carbocycles. The molecule has 7 heteroatoms. The van der Waals surface area contributed by atoms with E-state index in [1.54, 1.807) is 0 Å². The Hall–Kier alpha value is -2.15. The van der Waals surface area contributed by atoms with Crippen molar-refractivity contribution in [2.75, 3.05) is 11.9 Å². The van der Waals surface area contributed by atoms with E-state index >= 15 is 0 Å². The SMILES string of the molecule is NC(=O)c1c(NC(=O)COC(=O)[C@H]2CC=CCC2)sc2c1CCC2. The molecule has 0 fully saturated rings. The Morgan fingerprint density at radius 2 is 2.12 bits per heavy atom. The van der Waals surface area contributed by atoms with E-state index in [4.69, 9.17) is 10.5 Å². The predicted molar refractivity (Wildman–Crippen MR) is 90.9 cm³/mol. The highest BCUT2D eigenvalue weighted by Crippen LogP contribution is 2.38. The van der Waals surface area contributed by atoms with Crippen molar-refractivity contribution in [3.05, 3.63) is 28.2 Å². The number of nitrogens with one attached hydrogen (secondary N) is 1. The fourth-order valence-electron chi connectivity index (χ4n) is 3.18. The van der Waals surface area contributed by atoms with Crippen LogP contribution in [0.5, 0.6) is 0 Å². The number of amides is 2. The van der Waals surface area contributed by atoms with Gasteiger partial charge in [-0.25, -0.2) is 0 Å². The number of fused-ring (bicyclic) bond motifs is 1. The molecule has 0 spiro atoms. The number of carbonyl (C=O) groups is 3. The number of allylic oxidation sites excluding steroid dienone is 2. The lowest BCUT2D eigenvalue weighted by molar-refractivity contribution is -0.151. The highest BCUT2D eigenvalue weighted by Gasteiger charge is 2.26. The zero-order valence-electron chi connectivity index (χ0n) is 13.3. The molecule has 1 heterocycles. The lowest BCUT2D eigenvalue weighted by Crippen LogP contribution is -2.26. The van der Waals surface area contributed by atoms with E-state index in [1.165, 1.54) is 11.3 Å². The van der Waals surface area contributed by atoms with Crippen molar-refractivity contribution in [3.63, 3.8) is 0 Å². The van der Waals surface area contributed by atoms with Gasteiger partial charge in [0.15, 0.2) is 6.61 Å². The first-order valence-corrected chi connectivity index (χ1v) is 8.93. The summed E-state index contributed by atoms with van der Waals surface area (Å²) in [7, 11) is 0. The number of hydrogen-bond acceptors (Lipinski definition) is 5. The van der Waals surface area contributed by atoms with E-state index < -0.39 is 11.8 Å². The van der Waals surface area contributed by atoms with Crippen molar-refractivity contribution >= 4 is 34.1 Å². The number of carbonyl (C=O) groups excluding carboxylic acids is 3. The van der Waals surface area contributed by atoms with Gasteiger partial charge in [-0.1, -0.05) is 12.2 Å². The minimum absolute atomic E-state index is 0.172. The highest BCUT2D eigenvalue weighted by molar-refractivity contribution is 7.17. The standard InChI is InChI=1S/C17H20N2O4S/c18-15(21)14-11-7-4-8-12(11)24-16(14)19-13(20)9-23-17(22)10-5-2-1-3-6-10/h1-2,10H,3-9H2,(H2,18,21)(H,19,20)/t10-/m0/s1. The first kappa shape index (κ1) is 16.7. The second-order valence-corrected chi connectivity index (χ2v) is 7.17. The molecule has 1 aromatic rings.